The van der Waals surface area contributed by atoms with Crippen LogP contribution in [0.2, 0.25) is 0 Å². The molecule has 1 N–H and O–H groups in total. The zero-order chi connectivity index (χ0) is 21.7. The highest BCUT2D eigenvalue weighted by Crippen LogP contribution is 2.19. The molecule has 0 aliphatic heterocycles. The van der Waals surface area contributed by atoms with E-state index in [0.717, 1.165) is 17.5 Å². The highest BCUT2D eigenvalue weighted by atomic mass is 32.2. The summed E-state index contributed by atoms with van der Waals surface area (Å²) < 4.78 is 23.8. The summed E-state index contributed by atoms with van der Waals surface area (Å²) in [6.45, 7) is 0. The number of hydrogen-bond acceptors (Lipinski definition) is 4. The van der Waals surface area contributed by atoms with Gasteiger partial charge in [-0.05, 0) is 42.0 Å². The molecule has 0 atom stereocenters. The molecule has 0 heterocycles. The standard InChI is InChI=1S/C23H22N2O4S/c1-25(19-8-4-3-5-9-19)22(26)16-17-12-14-18(15-13-17)24-23(27)20-10-6-7-11-21(20)30(2,28)29/h3-15H,16H2,1-2H3,(H,24,27). The fourth-order valence-corrected chi connectivity index (χ4v) is 3.86. The Labute approximate surface area is 176 Å². The molecule has 0 unspecified atom stereocenters. The molecule has 6 nitrogen and oxygen atoms in total. The van der Waals surface area contributed by atoms with Crippen molar-refractivity contribution in [1.29, 1.82) is 0 Å². The van der Waals surface area contributed by atoms with Crippen molar-refractivity contribution in [1.82, 2.24) is 0 Å². The molecule has 7 heteroatoms. The summed E-state index contributed by atoms with van der Waals surface area (Å²) in [7, 11) is -1.80. The molecule has 3 aromatic carbocycles. The fourth-order valence-electron chi connectivity index (χ4n) is 2.97. The Hall–Kier alpha value is -3.45. The van der Waals surface area contributed by atoms with Crippen LogP contribution in [0.5, 0.6) is 0 Å². The van der Waals surface area contributed by atoms with Gasteiger partial charge >= 0.3 is 0 Å². The number of carbonyl (C=O) groups is 2. The van der Waals surface area contributed by atoms with Crippen LogP contribution in [0.4, 0.5) is 11.4 Å². The number of likely N-dealkylation sites (N-methyl/N-ethyl adjacent to an activating group) is 1. The second-order valence-corrected chi connectivity index (χ2v) is 8.87. The van der Waals surface area contributed by atoms with Crippen LogP contribution in [0.25, 0.3) is 0 Å². The van der Waals surface area contributed by atoms with E-state index < -0.39 is 15.7 Å². The van der Waals surface area contributed by atoms with Crippen molar-refractivity contribution in [3.05, 3.63) is 90.0 Å². The van der Waals surface area contributed by atoms with E-state index in [1.807, 2.05) is 30.3 Å². The Morgan fingerprint density at radius 1 is 0.867 bits per heavy atom. The topological polar surface area (TPSA) is 83.6 Å². The highest BCUT2D eigenvalue weighted by Gasteiger charge is 2.18. The van der Waals surface area contributed by atoms with Gasteiger partial charge in [-0.2, -0.15) is 0 Å². The van der Waals surface area contributed by atoms with Gasteiger partial charge in [0.05, 0.1) is 16.9 Å². The van der Waals surface area contributed by atoms with Gasteiger partial charge in [-0.3, -0.25) is 9.59 Å². The van der Waals surface area contributed by atoms with E-state index in [1.165, 1.54) is 12.1 Å². The number of nitrogens with zero attached hydrogens (tertiary/aromatic N) is 1. The van der Waals surface area contributed by atoms with Gasteiger partial charge in [-0.25, -0.2) is 8.42 Å². The molecule has 30 heavy (non-hydrogen) atoms. The number of para-hydroxylation sites is 1. The van der Waals surface area contributed by atoms with Crippen LogP contribution < -0.4 is 10.2 Å². The lowest BCUT2D eigenvalue weighted by molar-refractivity contribution is -0.117. The third kappa shape index (κ3) is 5.12. The van der Waals surface area contributed by atoms with Crippen LogP contribution in [0.3, 0.4) is 0 Å². The van der Waals surface area contributed by atoms with Crippen LogP contribution in [0.15, 0.2) is 83.8 Å². The zero-order valence-electron chi connectivity index (χ0n) is 16.7. The van der Waals surface area contributed by atoms with Gasteiger partial charge in [0.1, 0.15) is 0 Å². The smallest absolute Gasteiger partial charge is 0.256 e. The Balaban J connectivity index is 1.68. The molecule has 0 aromatic heterocycles. The van der Waals surface area contributed by atoms with Gasteiger partial charge in [0.2, 0.25) is 5.91 Å². The van der Waals surface area contributed by atoms with Crippen molar-refractivity contribution >= 4 is 33.0 Å². The lowest BCUT2D eigenvalue weighted by Crippen LogP contribution is -2.27. The summed E-state index contributed by atoms with van der Waals surface area (Å²) in [4.78, 5) is 26.6. The molecule has 0 saturated carbocycles. The molecule has 3 rings (SSSR count). The van der Waals surface area contributed by atoms with Gasteiger partial charge in [0.15, 0.2) is 9.84 Å². The molecular weight excluding hydrogens is 400 g/mol. The maximum atomic E-state index is 12.6. The van der Waals surface area contributed by atoms with Gasteiger partial charge < -0.3 is 10.2 Å². The first-order valence-corrected chi connectivity index (χ1v) is 11.2. The number of carbonyl (C=O) groups excluding carboxylic acids is 2. The second kappa shape index (κ2) is 8.92. The van der Waals surface area contributed by atoms with Crippen LogP contribution in [0, 0.1) is 0 Å². The Kier molecular flexibility index (Phi) is 6.32. The van der Waals surface area contributed by atoms with Crippen molar-refractivity contribution in [3.8, 4) is 0 Å². The second-order valence-electron chi connectivity index (χ2n) is 6.88. The first kappa shape index (κ1) is 21.3. The molecular formula is C23H22N2O4S. The molecule has 154 valence electrons. The quantitative estimate of drug-likeness (QED) is 0.659. The molecule has 0 bridgehead atoms. The number of benzene rings is 3. The molecule has 0 fully saturated rings. The number of nitrogens with one attached hydrogen (secondary N) is 1. The van der Waals surface area contributed by atoms with E-state index in [-0.39, 0.29) is 22.8 Å². The lowest BCUT2D eigenvalue weighted by Gasteiger charge is -2.17. The molecule has 0 saturated heterocycles. The zero-order valence-corrected chi connectivity index (χ0v) is 17.5. The average Bonchev–Trinajstić information content (AvgIpc) is 2.74. The summed E-state index contributed by atoms with van der Waals surface area (Å²) in [5.41, 5.74) is 2.22. The Morgan fingerprint density at radius 3 is 2.10 bits per heavy atom. The molecule has 0 spiro atoms. The largest absolute Gasteiger partial charge is 0.322 e. The molecule has 2 amide bonds. The summed E-state index contributed by atoms with van der Waals surface area (Å²) in [6, 6.07) is 22.3. The molecule has 0 radical (unpaired) electrons. The minimum atomic E-state index is -3.53. The van der Waals surface area contributed by atoms with Crippen molar-refractivity contribution in [2.45, 2.75) is 11.3 Å². The summed E-state index contributed by atoms with van der Waals surface area (Å²) in [5.74, 6) is -0.566. The number of rotatable bonds is 6. The van der Waals surface area contributed by atoms with E-state index in [1.54, 1.807) is 48.3 Å². The van der Waals surface area contributed by atoms with E-state index >= 15 is 0 Å². The average molecular weight is 423 g/mol. The highest BCUT2D eigenvalue weighted by molar-refractivity contribution is 7.90. The minimum Gasteiger partial charge on any atom is -0.322 e. The monoisotopic (exact) mass is 422 g/mol. The summed E-state index contributed by atoms with van der Waals surface area (Å²) in [5, 5.41) is 2.70. The van der Waals surface area contributed by atoms with E-state index in [2.05, 4.69) is 5.32 Å². The van der Waals surface area contributed by atoms with Crippen LogP contribution in [0.1, 0.15) is 15.9 Å². The van der Waals surface area contributed by atoms with E-state index in [9.17, 15) is 18.0 Å². The first-order chi connectivity index (χ1) is 14.3. The number of hydrogen-bond donors (Lipinski definition) is 1. The van der Waals surface area contributed by atoms with Crippen molar-refractivity contribution < 1.29 is 18.0 Å². The SMILES string of the molecule is CN(C(=O)Cc1ccc(NC(=O)c2ccccc2S(C)(=O)=O)cc1)c1ccccc1. The fraction of sp³-hybridized carbons (Fsp3) is 0.130. The van der Waals surface area contributed by atoms with Crippen molar-refractivity contribution in [2.24, 2.45) is 0 Å². The van der Waals surface area contributed by atoms with Crippen LogP contribution in [-0.2, 0) is 21.1 Å². The number of amides is 2. The van der Waals surface area contributed by atoms with E-state index in [0.29, 0.717) is 5.69 Å². The predicted octanol–water partition coefficient (Wildman–Crippen LogP) is 3.55. The maximum absolute atomic E-state index is 12.6. The molecule has 0 aliphatic carbocycles. The third-order valence-corrected chi connectivity index (χ3v) is 5.77. The first-order valence-electron chi connectivity index (χ1n) is 9.26. The summed E-state index contributed by atoms with van der Waals surface area (Å²) >= 11 is 0. The normalized spacial score (nSPS) is 11.0. The van der Waals surface area contributed by atoms with Crippen molar-refractivity contribution in [2.75, 3.05) is 23.5 Å². The van der Waals surface area contributed by atoms with Gasteiger partial charge in [0, 0.05) is 24.7 Å². The van der Waals surface area contributed by atoms with Gasteiger partial charge in [-0.1, -0.05) is 42.5 Å². The maximum Gasteiger partial charge on any atom is 0.256 e. The van der Waals surface area contributed by atoms with Crippen LogP contribution >= 0.6 is 0 Å². The lowest BCUT2D eigenvalue weighted by atomic mass is 10.1. The minimum absolute atomic E-state index is 0.0198. The van der Waals surface area contributed by atoms with Crippen LogP contribution in [-0.4, -0.2) is 33.5 Å². The summed E-state index contributed by atoms with van der Waals surface area (Å²) in [6.07, 6.45) is 1.29. The Morgan fingerprint density at radius 2 is 1.47 bits per heavy atom. The Bertz CT molecular complexity index is 1160. The third-order valence-electron chi connectivity index (χ3n) is 4.62. The number of anilines is 2. The van der Waals surface area contributed by atoms with Crippen molar-refractivity contribution in [3.63, 3.8) is 0 Å². The van der Waals surface area contributed by atoms with E-state index in [4.69, 9.17) is 0 Å². The number of sulfone groups is 1. The molecule has 3 aromatic rings. The predicted molar refractivity (Wildman–Crippen MR) is 118 cm³/mol. The van der Waals surface area contributed by atoms with Gasteiger partial charge in [0.25, 0.3) is 5.91 Å². The van der Waals surface area contributed by atoms with Gasteiger partial charge in [-0.15, -0.1) is 0 Å². The molecule has 0 aliphatic rings.